The van der Waals surface area contributed by atoms with E-state index in [4.69, 9.17) is 4.74 Å². The van der Waals surface area contributed by atoms with Crippen LogP contribution in [0.5, 0.6) is 5.75 Å². The predicted octanol–water partition coefficient (Wildman–Crippen LogP) is 2.20. The fourth-order valence-electron chi connectivity index (χ4n) is 1.62. The zero-order chi connectivity index (χ0) is 16.2. The molecule has 0 radical (unpaired) electrons. The Bertz CT molecular complexity index is 610. The number of ether oxygens (including phenoxy) is 1. The molecule has 6 nitrogen and oxygen atoms in total. The maximum absolute atomic E-state index is 12.4. The normalized spacial score (nSPS) is 11.9. The molecule has 0 saturated carbocycles. The molecule has 0 heterocycles. The summed E-state index contributed by atoms with van der Waals surface area (Å²) in [5.41, 5.74) is -0.151. The molecule has 0 aromatic heterocycles. The van der Waals surface area contributed by atoms with E-state index in [0.29, 0.717) is 6.61 Å². The van der Waals surface area contributed by atoms with Gasteiger partial charge in [-0.05, 0) is 38.5 Å². The maximum atomic E-state index is 12.4. The lowest BCUT2D eigenvalue weighted by molar-refractivity contribution is 0.0692. The number of aromatic carboxylic acids is 1. The minimum atomic E-state index is -3.72. The quantitative estimate of drug-likeness (QED) is 0.834. The lowest BCUT2D eigenvalue weighted by Gasteiger charge is -2.21. The molecule has 1 N–H and O–H groups in total. The highest BCUT2D eigenvalue weighted by molar-refractivity contribution is 7.89. The van der Waals surface area contributed by atoms with Gasteiger partial charge in [-0.25, -0.2) is 13.2 Å². The van der Waals surface area contributed by atoms with Crippen LogP contribution < -0.4 is 4.74 Å². The van der Waals surface area contributed by atoms with Crippen molar-refractivity contribution in [3.05, 3.63) is 23.8 Å². The van der Waals surface area contributed by atoms with Crippen molar-refractivity contribution < 1.29 is 23.1 Å². The molecule has 1 rings (SSSR count). The first-order valence-corrected chi connectivity index (χ1v) is 8.14. The van der Waals surface area contributed by atoms with Crippen molar-refractivity contribution in [2.24, 2.45) is 0 Å². The summed E-state index contributed by atoms with van der Waals surface area (Å²) in [5, 5.41) is 9.21. The van der Waals surface area contributed by atoms with Crippen molar-refractivity contribution in [3.63, 3.8) is 0 Å². The van der Waals surface area contributed by atoms with Crippen molar-refractivity contribution in [2.75, 3.05) is 13.7 Å². The second-order valence-electron chi connectivity index (χ2n) is 4.93. The highest BCUT2D eigenvalue weighted by atomic mass is 32.2. The SMILES string of the molecule is CCCOc1ccc(S(=O)(=O)N(C)C(C)C)cc1C(=O)O. The number of hydrogen-bond acceptors (Lipinski definition) is 4. The Morgan fingerprint density at radius 3 is 2.48 bits per heavy atom. The summed E-state index contributed by atoms with van der Waals surface area (Å²) in [5.74, 6) is -1.04. The zero-order valence-corrected chi connectivity index (χ0v) is 13.5. The van der Waals surface area contributed by atoms with Gasteiger partial charge >= 0.3 is 5.97 Å². The molecule has 0 amide bonds. The molecule has 0 fully saturated rings. The number of carboxylic acid groups (broad SMARTS) is 1. The third-order valence-electron chi connectivity index (χ3n) is 3.05. The number of sulfonamides is 1. The van der Waals surface area contributed by atoms with Crippen molar-refractivity contribution in [1.82, 2.24) is 4.31 Å². The Morgan fingerprint density at radius 1 is 1.38 bits per heavy atom. The fourth-order valence-corrected chi connectivity index (χ4v) is 3.01. The Morgan fingerprint density at radius 2 is 2.00 bits per heavy atom. The summed E-state index contributed by atoms with van der Waals surface area (Å²) in [6, 6.07) is 3.67. The van der Waals surface area contributed by atoms with Crippen LogP contribution >= 0.6 is 0 Å². The molecule has 0 aliphatic rings. The first-order chi connectivity index (χ1) is 9.71. The molecule has 1 aromatic carbocycles. The average molecular weight is 315 g/mol. The molecule has 0 bridgehead atoms. The molecule has 7 heteroatoms. The van der Waals surface area contributed by atoms with Gasteiger partial charge in [0.2, 0.25) is 10.0 Å². The van der Waals surface area contributed by atoms with Gasteiger partial charge in [0.15, 0.2) is 0 Å². The summed E-state index contributed by atoms with van der Waals surface area (Å²) < 4.78 is 31.3. The summed E-state index contributed by atoms with van der Waals surface area (Å²) in [6.45, 7) is 5.76. The van der Waals surface area contributed by atoms with Crippen LogP contribution in [0.15, 0.2) is 23.1 Å². The van der Waals surface area contributed by atoms with Gasteiger partial charge in [-0.15, -0.1) is 0 Å². The molecule has 0 unspecified atom stereocenters. The van der Waals surface area contributed by atoms with Gasteiger partial charge in [-0.1, -0.05) is 6.92 Å². The fraction of sp³-hybridized carbons (Fsp3) is 0.500. The smallest absolute Gasteiger partial charge is 0.339 e. The lowest BCUT2D eigenvalue weighted by Crippen LogP contribution is -2.33. The zero-order valence-electron chi connectivity index (χ0n) is 12.7. The molecule has 0 atom stereocenters. The Hall–Kier alpha value is -1.60. The summed E-state index contributed by atoms with van der Waals surface area (Å²) in [7, 11) is -2.26. The van der Waals surface area contributed by atoms with Crippen LogP contribution in [0.4, 0.5) is 0 Å². The third-order valence-corrected chi connectivity index (χ3v) is 5.08. The first kappa shape index (κ1) is 17.5. The Kier molecular flexibility index (Phi) is 5.74. The number of hydrogen-bond donors (Lipinski definition) is 1. The van der Waals surface area contributed by atoms with Crippen molar-refractivity contribution in [3.8, 4) is 5.75 Å². The second kappa shape index (κ2) is 6.91. The summed E-state index contributed by atoms with van der Waals surface area (Å²) in [6.07, 6.45) is 0.731. The average Bonchev–Trinajstić information content (AvgIpc) is 2.43. The van der Waals surface area contributed by atoms with Gasteiger partial charge in [-0.3, -0.25) is 0 Å². The van der Waals surface area contributed by atoms with Crippen molar-refractivity contribution in [1.29, 1.82) is 0 Å². The van der Waals surface area contributed by atoms with Gasteiger partial charge in [-0.2, -0.15) is 4.31 Å². The highest BCUT2D eigenvalue weighted by Gasteiger charge is 2.25. The number of carboxylic acids is 1. The Balaban J connectivity index is 3.29. The van der Waals surface area contributed by atoms with E-state index in [2.05, 4.69) is 0 Å². The van der Waals surface area contributed by atoms with Crippen LogP contribution in [-0.4, -0.2) is 43.5 Å². The maximum Gasteiger partial charge on any atom is 0.339 e. The molecule has 0 aliphatic heterocycles. The number of nitrogens with zero attached hydrogens (tertiary/aromatic N) is 1. The molecular weight excluding hydrogens is 294 g/mol. The van der Waals surface area contributed by atoms with Crippen LogP contribution in [0.2, 0.25) is 0 Å². The molecule has 118 valence electrons. The van der Waals surface area contributed by atoms with Crippen LogP contribution in [0.3, 0.4) is 0 Å². The summed E-state index contributed by atoms with van der Waals surface area (Å²) in [4.78, 5) is 11.2. The van der Waals surface area contributed by atoms with E-state index in [1.807, 2.05) is 6.92 Å². The number of benzene rings is 1. The minimum Gasteiger partial charge on any atom is -0.493 e. The van der Waals surface area contributed by atoms with Gasteiger partial charge in [0, 0.05) is 13.1 Å². The van der Waals surface area contributed by atoms with Gasteiger partial charge < -0.3 is 9.84 Å². The minimum absolute atomic E-state index is 0.0556. The van der Waals surface area contributed by atoms with E-state index in [1.54, 1.807) is 13.8 Å². The third kappa shape index (κ3) is 3.95. The van der Waals surface area contributed by atoms with E-state index in [9.17, 15) is 18.3 Å². The number of rotatable bonds is 7. The highest BCUT2D eigenvalue weighted by Crippen LogP contribution is 2.25. The van der Waals surface area contributed by atoms with Crippen molar-refractivity contribution in [2.45, 2.75) is 38.1 Å². The second-order valence-corrected chi connectivity index (χ2v) is 6.92. The Labute approximate surface area is 125 Å². The number of carbonyl (C=O) groups is 1. The molecular formula is C14H21NO5S. The lowest BCUT2D eigenvalue weighted by atomic mass is 10.2. The van der Waals surface area contributed by atoms with E-state index in [0.717, 1.165) is 12.5 Å². The van der Waals surface area contributed by atoms with E-state index in [1.165, 1.54) is 23.5 Å². The van der Waals surface area contributed by atoms with E-state index >= 15 is 0 Å². The largest absolute Gasteiger partial charge is 0.493 e. The summed E-state index contributed by atoms with van der Waals surface area (Å²) >= 11 is 0. The van der Waals surface area contributed by atoms with Gasteiger partial charge in [0.25, 0.3) is 0 Å². The van der Waals surface area contributed by atoms with Crippen LogP contribution in [-0.2, 0) is 10.0 Å². The van der Waals surface area contributed by atoms with Gasteiger partial charge in [0.05, 0.1) is 11.5 Å². The first-order valence-electron chi connectivity index (χ1n) is 6.70. The van der Waals surface area contributed by atoms with Crippen LogP contribution in [0.1, 0.15) is 37.6 Å². The predicted molar refractivity (Wildman–Crippen MR) is 79.3 cm³/mol. The topological polar surface area (TPSA) is 83.9 Å². The van der Waals surface area contributed by atoms with Crippen molar-refractivity contribution >= 4 is 16.0 Å². The van der Waals surface area contributed by atoms with E-state index < -0.39 is 16.0 Å². The van der Waals surface area contributed by atoms with Crippen LogP contribution in [0.25, 0.3) is 0 Å². The standard InChI is InChI=1S/C14H21NO5S/c1-5-8-20-13-7-6-11(9-12(13)14(16)17)21(18,19)15(4)10(2)3/h6-7,9-10H,5,8H2,1-4H3,(H,16,17). The molecule has 0 saturated heterocycles. The molecule has 0 aliphatic carbocycles. The van der Waals surface area contributed by atoms with Gasteiger partial charge in [0.1, 0.15) is 11.3 Å². The molecule has 21 heavy (non-hydrogen) atoms. The van der Waals surface area contributed by atoms with E-state index in [-0.39, 0.29) is 22.3 Å². The molecule has 1 aromatic rings. The monoisotopic (exact) mass is 315 g/mol. The van der Waals surface area contributed by atoms with Crippen LogP contribution in [0, 0.1) is 0 Å². The molecule has 0 spiro atoms.